The van der Waals surface area contributed by atoms with Gasteiger partial charge in [-0.15, -0.1) is 0 Å². The van der Waals surface area contributed by atoms with Crippen molar-refractivity contribution >= 4 is 0 Å². The van der Waals surface area contributed by atoms with Crippen molar-refractivity contribution in [3.8, 4) is 11.5 Å². The highest BCUT2D eigenvalue weighted by Crippen LogP contribution is 2.24. The van der Waals surface area contributed by atoms with E-state index in [2.05, 4.69) is 22.2 Å². The van der Waals surface area contributed by atoms with Gasteiger partial charge in [0.15, 0.2) is 5.75 Å². The Labute approximate surface area is 119 Å². The van der Waals surface area contributed by atoms with Gasteiger partial charge in [-0.2, -0.15) is 0 Å². The summed E-state index contributed by atoms with van der Waals surface area (Å²) >= 11 is 0. The minimum atomic E-state index is 0.477. The normalized spacial score (nSPS) is 16.1. The first kappa shape index (κ1) is 13.1. The minimum absolute atomic E-state index is 0.477. The van der Waals surface area contributed by atoms with Gasteiger partial charge in [0.1, 0.15) is 11.6 Å². The molecule has 4 nitrogen and oxygen atoms in total. The largest absolute Gasteiger partial charge is 0.454 e. The van der Waals surface area contributed by atoms with Gasteiger partial charge < -0.3 is 10.1 Å². The lowest BCUT2D eigenvalue weighted by Gasteiger charge is -2.21. The van der Waals surface area contributed by atoms with Gasteiger partial charge in [-0.05, 0) is 45.0 Å². The van der Waals surface area contributed by atoms with E-state index in [4.69, 9.17) is 4.74 Å². The molecule has 1 saturated heterocycles. The van der Waals surface area contributed by atoms with Crippen molar-refractivity contribution in [1.82, 2.24) is 15.3 Å². The van der Waals surface area contributed by atoms with Crippen molar-refractivity contribution in [2.75, 3.05) is 13.1 Å². The molecule has 0 saturated carbocycles. The van der Waals surface area contributed by atoms with Crippen LogP contribution in [0.15, 0.2) is 36.7 Å². The fourth-order valence-electron chi connectivity index (χ4n) is 2.41. The van der Waals surface area contributed by atoms with Crippen LogP contribution in [0.5, 0.6) is 11.5 Å². The number of rotatable bonds is 3. The molecule has 20 heavy (non-hydrogen) atoms. The van der Waals surface area contributed by atoms with Crippen molar-refractivity contribution in [3.63, 3.8) is 0 Å². The summed E-state index contributed by atoms with van der Waals surface area (Å²) in [5, 5.41) is 3.35. The van der Waals surface area contributed by atoms with Crippen LogP contribution in [0.3, 0.4) is 0 Å². The quantitative estimate of drug-likeness (QED) is 0.930. The van der Waals surface area contributed by atoms with Crippen molar-refractivity contribution in [2.24, 2.45) is 0 Å². The summed E-state index contributed by atoms with van der Waals surface area (Å²) in [6.07, 6.45) is 5.75. The topological polar surface area (TPSA) is 47.0 Å². The van der Waals surface area contributed by atoms with Crippen molar-refractivity contribution in [2.45, 2.75) is 25.7 Å². The smallest absolute Gasteiger partial charge is 0.164 e. The van der Waals surface area contributed by atoms with Gasteiger partial charge in [0.05, 0.1) is 12.4 Å². The van der Waals surface area contributed by atoms with Crippen LogP contribution in [0, 0.1) is 6.92 Å². The monoisotopic (exact) mass is 269 g/mol. The number of aromatic nitrogens is 2. The van der Waals surface area contributed by atoms with Crippen molar-refractivity contribution in [1.29, 1.82) is 0 Å². The molecule has 0 spiro atoms. The average Bonchev–Trinajstić information content (AvgIpc) is 2.51. The summed E-state index contributed by atoms with van der Waals surface area (Å²) in [6.45, 7) is 4.16. The predicted octanol–water partition coefficient (Wildman–Crippen LogP) is 3.04. The fraction of sp³-hybridized carbons (Fsp3) is 0.375. The van der Waals surface area contributed by atoms with Crippen LogP contribution < -0.4 is 10.1 Å². The molecule has 1 aromatic heterocycles. The van der Waals surface area contributed by atoms with Gasteiger partial charge in [0.25, 0.3) is 0 Å². The number of nitrogens with one attached hydrogen (secondary N) is 1. The van der Waals surface area contributed by atoms with Gasteiger partial charge in [-0.1, -0.05) is 17.7 Å². The molecule has 1 aliphatic rings. The molecule has 104 valence electrons. The van der Waals surface area contributed by atoms with Crippen molar-refractivity contribution in [3.05, 3.63) is 48.0 Å². The first-order valence-electron chi connectivity index (χ1n) is 7.08. The lowest BCUT2D eigenvalue weighted by Crippen LogP contribution is -2.27. The molecule has 0 atom stereocenters. The highest BCUT2D eigenvalue weighted by molar-refractivity contribution is 5.30. The summed E-state index contributed by atoms with van der Waals surface area (Å²) in [6, 6.07) is 7.96. The zero-order valence-electron chi connectivity index (χ0n) is 11.7. The average molecular weight is 269 g/mol. The Kier molecular flexibility index (Phi) is 3.92. The molecule has 2 heterocycles. The highest BCUT2D eigenvalue weighted by Gasteiger charge is 2.17. The van der Waals surface area contributed by atoms with E-state index in [1.165, 1.54) is 5.56 Å². The van der Waals surface area contributed by atoms with E-state index in [1.54, 1.807) is 12.4 Å². The Morgan fingerprint density at radius 2 is 1.65 bits per heavy atom. The van der Waals surface area contributed by atoms with Crippen LogP contribution >= 0.6 is 0 Å². The van der Waals surface area contributed by atoms with Crippen LogP contribution in [-0.2, 0) is 0 Å². The van der Waals surface area contributed by atoms with Crippen LogP contribution in [0.2, 0.25) is 0 Å². The minimum Gasteiger partial charge on any atom is -0.454 e. The Bertz CT molecular complexity index is 545. The Balaban J connectivity index is 1.67. The molecule has 2 aromatic rings. The van der Waals surface area contributed by atoms with Crippen LogP contribution in [0.1, 0.15) is 30.1 Å². The van der Waals surface area contributed by atoms with Crippen LogP contribution in [0.25, 0.3) is 0 Å². The summed E-state index contributed by atoms with van der Waals surface area (Å²) < 4.78 is 5.74. The molecule has 0 bridgehead atoms. The highest BCUT2D eigenvalue weighted by atomic mass is 16.5. The molecule has 4 heteroatoms. The molecule has 0 amide bonds. The third-order valence-corrected chi connectivity index (χ3v) is 3.61. The molecular weight excluding hydrogens is 250 g/mol. The molecule has 0 radical (unpaired) electrons. The standard InChI is InChI=1S/C16H19N3O/c1-12-2-4-14(5-3-12)20-15-10-18-16(19-11-15)13-6-8-17-9-7-13/h2-5,10-11,13,17H,6-9H2,1H3. The summed E-state index contributed by atoms with van der Waals surface area (Å²) in [4.78, 5) is 8.90. The zero-order chi connectivity index (χ0) is 13.8. The number of benzene rings is 1. The second-order valence-corrected chi connectivity index (χ2v) is 5.22. The second kappa shape index (κ2) is 6.01. The first-order valence-corrected chi connectivity index (χ1v) is 7.08. The van der Waals surface area contributed by atoms with Gasteiger partial charge in [0, 0.05) is 5.92 Å². The van der Waals surface area contributed by atoms with E-state index in [0.29, 0.717) is 11.7 Å². The third-order valence-electron chi connectivity index (χ3n) is 3.61. The maximum atomic E-state index is 5.74. The van der Waals surface area contributed by atoms with Gasteiger partial charge in [-0.3, -0.25) is 0 Å². The molecule has 3 rings (SSSR count). The van der Waals surface area contributed by atoms with E-state index in [0.717, 1.165) is 37.5 Å². The van der Waals surface area contributed by atoms with Crippen molar-refractivity contribution < 1.29 is 4.74 Å². The molecule has 0 unspecified atom stereocenters. The zero-order valence-corrected chi connectivity index (χ0v) is 11.7. The summed E-state index contributed by atoms with van der Waals surface area (Å²) in [7, 11) is 0. The SMILES string of the molecule is Cc1ccc(Oc2cnc(C3CCNCC3)nc2)cc1. The van der Waals surface area contributed by atoms with Gasteiger partial charge >= 0.3 is 0 Å². The number of piperidine rings is 1. The molecule has 1 N–H and O–H groups in total. The second-order valence-electron chi connectivity index (χ2n) is 5.22. The molecule has 1 aromatic carbocycles. The lowest BCUT2D eigenvalue weighted by atomic mass is 9.97. The Hall–Kier alpha value is -1.94. The molecule has 0 aliphatic carbocycles. The Morgan fingerprint density at radius 3 is 2.30 bits per heavy atom. The number of ether oxygens (including phenoxy) is 1. The van der Waals surface area contributed by atoms with E-state index in [-0.39, 0.29) is 0 Å². The van der Waals surface area contributed by atoms with Crippen LogP contribution in [0.4, 0.5) is 0 Å². The Morgan fingerprint density at radius 1 is 1.00 bits per heavy atom. The van der Waals surface area contributed by atoms with E-state index < -0.39 is 0 Å². The van der Waals surface area contributed by atoms with E-state index in [9.17, 15) is 0 Å². The molecular formula is C16H19N3O. The fourth-order valence-corrected chi connectivity index (χ4v) is 2.41. The van der Waals surface area contributed by atoms with Gasteiger partial charge in [-0.25, -0.2) is 9.97 Å². The molecule has 1 fully saturated rings. The number of hydrogen-bond acceptors (Lipinski definition) is 4. The van der Waals surface area contributed by atoms with Crippen LogP contribution in [-0.4, -0.2) is 23.1 Å². The maximum absolute atomic E-state index is 5.74. The number of hydrogen-bond donors (Lipinski definition) is 1. The predicted molar refractivity (Wildman–Crippen MR) is 78.1 cm³/mol. The van der Waals surface area contributed by atoms with Gasteiger partial charge in [0.2, 0.25) is 0 Å². The number of nitrogens with zero attached hydrogens (tertiary/aromatic N) is 2. The number of aryl methyl sites for hydroxylation is 1. The summed E-state index contributed by atoms with van der Waals surface area (Å²) in [5.41, 5.74) is 1.22. The first-order chi connectivity index (χ1) is 9.81. The van der Waals surface area contributed by atoms with E-state index >= 15 is 0 Å². The molecule has 1 aliphatic heterocycles. The maximum Gasteiger partial charge on any atom is 0.164 e. The summed E-state index contributed by atoms with van der Waals surface area (Å²) in [5.74, 6) is 2.91. The van der Waals surface area contributed by atoms with E-state index in [1.807, 2.05) is 24.3 Å². The lowest BCUT2D eigenvalue weighted by molar-refractivity contribution is 0.438. The third kappa shape index (κ3) is 3.14.